The Morgan fingerprint density at radius 2 is 2.02 bits per heavy atom. The number of rotatable bonds is 7. The molecule has 2 aromatic rings. The van der Waals surface area contributed by atoms with Crippen LogP contribution < -0.4 is 19.7 Å². The number of hydrogen-bond donors (Lipinski definition) is 2. The van der Waals surface area contributed by atoms with Crippen molar-refractivity contribution in [2.24, 2.45) is 11.8 Å². The van der Waals surface area contributed by atoms with Gasteiger partial charge in [0.25, 0.3) is 5.91 Å². The van der Waals surface area contributed by atoms with Crippen LogP contribution in [0.4, 0.5) is 5.69 Å². The van der Waals surface area contributed by atoms with Crippen LogP contribution in [0.15, 0.2) is 48.6 Å². The number of carbonyl (C=O) groups excluding carboxylic acids is 2. The van der Waals surface area contributed by atoms with E-state index >= 15 is 0 Å². The summed E-state index contributed by atoms with van der Waals surface area (Å²) in [5, 5.41) is 2.93. The normalized spacial score (nSPS) is 28.3. The number of anilines is 1. The third-order valence-corrected chi connectivity index (χ3v) is 13.2. The first-order chi connectivity index (χ1) is 24.0. The van der Waals surface area contributed by atoms with Crippen LogP contribution in [0.2, 0.25) is 5.02 Å². The lowest BCUT2D eigenvalue weighted by molar-refractivity contribution is -0.129. The van der Waals surface area contributed by atoms with Crippen LogP contribution in [0.3, 0.4) is 0 Å². The standard InChI is InChI=1S/C38H51ClN4O6S/c1-4-30-9-5-6-10-34(48-23-36(44)40-18-19-42(2)3)31-14-11-28(31)22-43-24-38(17-7-8-26-20-29(39)13-15-32(26)38)25-49-35-16-12-27(21-33(35)43)37(45)41-50(30,46)47/h6,10,12-13,15-16,20-21,28,30-31,34H,4-5,7-9,11,14,17-19,22-25H2,1-3H3,(H,40,44)(H,41,45)/b10-6+/t28-,30+,31+,34-,38-/m0/s1. The fraction of sp³-hybridized carbons (Fsp3) is 0.579. The molecule has 0 radical (unpaired) electrons. The third kappa shape index (κ3) is 8.16. The molecule has 4 aliphatic rings. The number of fused-ring (bicyclic) bond motifs is 4. The van der Waals surface area contributed by atoms with Crippen molar-refractivity contribution in [3.63, 3.8) is 0 Å². The van der Waals surface area contributed by atoms with E-state index in [1.807, 2.05) is 44.1 Å². The largest absolute Gasteiger partial charge is 0.490 e. The zero-order chi connectivity index (χ0) is 35.5. The number of likely N-dealkylation sites (N-methyl/N-ethyl adjacent to an activating group) is 1. The van der Waals surface area contributed by atoms with E-state index in [9.17, 15) is 18.0 Å². The van der Waals surface area contributed by atoms with Crippen LogP contribution in [0.5, 0.6) is 5.75 Å². The van der Waals surface area contributed by atoms with Crippen molar-refractivity contribution in [1.82, 2.24) is 14.9 Å². The summed E-state index contributed by atoms with van der Waals surface area (Å²) in [5.41, 5.74) is 3.26. The maximum Gasteiger partial charge on any atom is 0.264 e. The summed E-state index contributed by atoms with van der Waals surface area (Å²) in [5.74, 6) is 0.330. The summed E-state index contributed by atoms with van der Waals surface area (Å²) in [7, 11) is -0.00770. The zero-order valence-corrected chi connectivity index (χ0v) is 31.0. The first-order valence-corrected chi connectivity index (χ1v) is 20.0. The topological polar surface area (TPSA) is 117 Å². The van der Waals surface area contributed by atoms with Crippen molar-refractivity contribution in [3.05, 3.63) is 70.3 Å². The molecule has 2 N–H and O–H groups in total. The molecule has 12 heteroatoms. The average Bonchev–Trinajstić information content (AvgIpc) is 3.21. The summed E-state index contributed by atoms with van der Waals surface area (Å²) in [4.78, 5) is 30.6. The van der Waals surface area contributed by atoms with Gasteiger partial charge in [0, 0.05) is 42.2 Å². The minimum Gasteiger partial charge on any atom is -0.490 e. The van der Waals surface area contributed by atoms with E-state index in [0.29, 0.717) is 51.3 Å². The fourth-order valence-corrected chi connectivity index (χ4v) is 9.74. The van der Waals surface area contributed by atoms with Gasteiger partial charge in [-0.3, -0.25) is 9.59 Å². The summed E-state index contributed by atoms with van der Waals surface area (Å²) >= 11 is 6.45. The maximum atomic E-state index is 13.5. The maximum absolute atomic E-state index is 13.5. The zero-order valence-electron chi connectivity index (χ0n) is 29.5. The van der Waals surface area contributed by atoms with Gasteiger partial charge >= 0.3 is 0 Å². The Morgan fingerprint density at radius 1 is 1.18 bits per heavy atom. The summed E-state index contributed by atoms with van der Waals surface area (Å²) < 4.78 is 42.2. The smallest absolute Gasteiger partial charge is 0.264 e. The van der Waals surface area contributed by atoms with Crippen LogP contribution in [0.1, 0.15) is 73.4 Å². The SMILES string of the molecule is CC[C@@H]1CC/C=C/[C@H](OCC(=O)NCCN(C)C)[C@@H]2CC[C@H]2CN2C[C@@]3(CCCc4cc(Cl)ccc43)COc3ccc(cc32)C(=O)NS1(=O)=O. The van der Waals surface area contributed by atoms with E-state index in [2.05, 4.69) is 27.1 Å². The summed E-state index contributed by atoms with van der Waals surface area (Å²) in [6.45, 7) is 4.92. The molecule has 1 saturated carbocycles. The molecule has 272 valence electrons. The van der Waals surface area contributed by atoms with Crippen molar-refractivity contribution in [2.75, 3.05) is 58.4 Å². The van der Waals surface area contributed by atoms with Gasteiger partial charge in [-0.2, -0.15) is 0 Å². The first kappa shape index (κ1) is 36.7. The highest BCUT2D eigenvalue weighted by molar-refractivity contribution is 7.90. The van der Waals surface area contributed by atoms with Crippen LogP contribution in [0.25, 0.3) is 0 Å². The van der Waals surface area contributed by atoms with E-state index in [4.69, 9.17) is 21.1 Å². The number of aryl methyl sites for hydroxylation is 1. The van der Waals surface area contributed by atoms with Crippen LogP contribution in [-0.4, -0.2) is 90.0 Å². The number of benzene rings is 2. The lowest BCUT2D eigenvalue weighted by Crippen LogP contribution is -2.50. The highest BCUT2D eigenvalue weighted by Crippen LogP contribution is 2.47. The highest BCUT2D eigenvalue weighted by atomic mass is 35.5. The fourth-order valence-electron chi connectivity index (χ4n) is 8.12. The molecule has 10 nitrogen and oxygen atoms in total. The lowest BCUT2D eigenvalue weighted by Gasteiger charge is -2.46. The van der Waals surface area contributed by atoms with Crippen molar-refractivity contribution in [3.8, 4) is 5.75 Å². The second-order valence-corrected chi connectivity index (χ2v) is 17.1. The van der Waals surface area contributed by atoms with Crippen molar-refractivity contribution in [2.45, 2.75) is 75.1 Å². The molecule has 2 bridgehead atoms. The lowest BCUT2D eigenvalue weighted by atomic mass is 9.68. The number of allylic oxidation sites excluding steroid dienone is 1. The Balaban J connectivity index is 1.35. The number of halogens is 1. The van der Waals surface area contributed by atoms with Gasteiger partial charge in [0.2, 0.25) is 15.9 Å². The van der Waals surface area contributed by atoms with Gasteiger partial charge in [0.05, 0.1) is 23.6 Å². The van der Waals surface area contributed by atoms with Crippen molar-refractivity contribution >= 4 is 39.1 Å². The number of amides is 2. The number of nitrogens with zero attached hydrogens (tertiary/aromatic N) is 2. The van der Waals surface area contributed by atoms with E-state index < -0.39 is 21.2 Å². The number of sulfonamides is 1. The summed E-state index contributed by atoms with van der Waals surface area (Å²) in [6, 6.07) is 11.4. The van der Waals surface area contributed by atoms with Crippen LogP contribution in [-0.2, 0) is 31.4 Å². The van der Waals surface area contributed by atoms with Crippen molar-refractivity contribution in [1.29, 1.82) is 0 Å². The van der Waals surface area contributed by atoms with Gasteiger partial charge in [0.1, 0.15) is 12.4 Å². The van der Waals surface area contributed by atoms with E-state index in [1.54, 1.807) is 18.2 Å². The number of nitrogens with one attached hydrogen (secondary N) is 2. The Bertz CT molecular complexity index is 1700. The molecule has 0 unspecified atom stereocenters. The number of ether oxygens (including phenoxy) is 2. The molecule has 1 fully saturated rings. The van der Waals surface area contributed by atoms with Gasteiger partial charge in [-0.05, 0) is 119 Å². The number of hydrogen-bond acceptors (Lipinski definition) is 8. The first-order valence-electron chi connectivity index (χ1n) is 18.0. The van der Waals surface area contributed by atoms with E-state index in [0.717, 1.165) is 49.4 Å². The molecule has 5 atom stereocenters. The Kier molecular flexibility index (Phi) is 11.5. The van der Waals surface area contributed by atoms with E-state index in [1.165, 1.54) is 11.1 Å². The Hall–Kier alpha value is -3.12. The Labute approximate surface area is 301 Å². The highest BCUT2D eigenvalue weighted by Gasteiger charge is 2.44. The predicted molar refractivity (Wildman–Crippen MR) is 197 cm³/mol. The monoisotopic (exact) mass is 726 g/mol. The third-order valence-electron chi connectivity index (χ3n) is 11.1. The summed E-state index contributed by atoms with van der Waals surface area (Å²) in [6.07, 6.45) is 9.83. The molecule has 2 aliphatic heterocycles. The molecule has 0 saturated heterocycles. The second-order valence-electron chi connectivity index (χ2n) is 14.7. The van der Waals surface area contributed by atoms with Crippen molar-refractivity contribution < 1.29 is 27.5 Å². The van der Waals surface area contributed by atoms with Gasteiger partial charge in [0.15, 0.2) is 0 Å². The van der Waals surface area contributed by atoms with Gasteiger partial charge in [-0.1, -0.05) is 36.7 Å². The quantitative estimate of drug-likeness (QED) is 0.380. The average molecular weight is 727 g/mol. The van der Waals surface area contributed by atoms with E-state index in [-0.39, 0.29) is 41.4 Å². The van der Waals surface area contributed by atoms with Crippen LogP contribution >= 0.6 is 11.6 Å². The van der Waals surface area contributed by atoms with Gasteiger partial charge < -0.3 is 24.6 Å². The molecule has 2 amide bonds. The number of carbonyl (C=O) groups is 2. The molecule has 50 heavy (non-hydrogen) atoms. The second kappa shape index (κ2) is 15.6. The van der Waals surface area contributed by atoms with Gasteiger partial charge in [-0.25, -0.2) is 13.1 Å². The Morgan fingerprint density at radius 3 is 2.78 bits per heavy atom. The molecule has 0 aromatic heterocycles. The molecule has 1 spiro atoms. The molecule has 2 heterocycles. The molecular formula is C38H51ClN4O6S. The molecule has 2 aliphatic carbocycles. The molecular weight excluding hydrogens is 676 g/mol. The molecule has 2 aromatic carbocycles. The minimum absolute atomic E-state index is 0.0458. The van der Waals surface area contributed by atoms with Gasteiger partial charge in [-0.15, -0.1) is 0 Å². The molecule has 6 rings (SSSR count). The minimum atomic E-state index is -3.93. The predicted octanol–water partition coefficient (Wildman–Crippen LogP) is 5.09. The van der Waals surface area contributed by atoms with Crippen LogP contribution in [0, 0.1) is 11.8 Å².